The topological polar surface area (TPSA) is 47.0 Å². The number of nitrogens with one attached hydrogen (secondary N) is 1. The maximum Gasteiger partial charge on any atom is 0.294 e. The lowest BCUT2D eigenvalue weighted by atomic mass is 10.2. The Morgan fingerprint density at radius 3 is 3.10 bits per heavy atom. The van der Waals surface area contributed by atoms with E-state index in [4.69, 9.17) is 4.74 Å². The molecule has 54 valence electrons. The molecule has 1 aromatic heterocycles. The van der Waals surface area contributed by atoms with Gasteiger partial charge in [0.2, 0.25) is 0 Å². The molecule has 1 N–H and O–H groups in total. The third kappa shape index (κ3) is 1.10. The molecule has 1 aromatic rings. The highest BCUT2D eigenvalue weighted by Crippen LogP contribution is 2.14. The minimum Gasteiger partial charge on any atom is -0.463 e. The molecule has 2 rings (SSSR count). The first-order valence-corrected chi connectivity index (χ1v) is 3.96. The molecule has 2 heterocycles. The number of nitrogens with zero attached hydrogens (tertiary/aromatic N) is 2. The standard InChI is InChI=1S/C5H7N3OS/c1-4(2-6-1)9-5-8-7-3-10-5/h3-4,6H,1-2H2. The number of aromatic nitrogens is 2. The Labute approximate surface area is 62.2 Å². The molecule has 1 saturated heterocycles. The zero-order valence-electron chi connectivity index (χ0n) is 5.28. The van der Waals surface area contributed by atoms with E-state index in [0.717, 1.165) is 13.1 Å². The van der Waals surface area contributed by atoms with Gasteiger partial charge in [0, 0.05) is 13.1 Å². The Morgan fingerprint density at radius 1 is 1.70 bits per heavy atom. The second kappa shape index (κ2) is 2.51. The quantitative estimate of drug-likeness (QED) is 0.650. The zero-order chi connectivity index (χ0) is 6.81. The smallest absolute Gasteiger partial charge is 0.294 e. The van der Waals surface area contributed by atoms with Crippen molar-refractivity contribution in [2.24, 2.45) is 0 Å². The van der Waals surface area contributed by atoms with Gasteiger partial charge in [-0.1, -0.05) is 11.3 Å². The molecular formula is C5H7N3OS. The van der Waals surface area contributed by atoms with Gasteiger partial charge in [0.25, 0.3) is 5.19 Å². The molecule has 0 saturated carbocycles. The first kappa shape index (κ1) is 6.06. The maximum atomic E-state index is 5.37. The van der Waals surface area contributed by atoms with Crippen LogP contribution in [0.25, 0.3) is 0 Å². The molecule has 4 nitrogen and oxygen atoms in total. The third-order valence-electron chi connectivity index (χ3n) is 1.35. The number of rotatable bonds is 2. The van der Waals surface area contributed by atoms with Gasteiger partial charge in [-0.25, -0.2) is 0 Å². The summed E-state index contributed by atoms with van der Waals surface area (Å²) >= 11 is 1.43. The van der Waals surface area contributed by atoms with Gasteiger partial charge in [-0.15, -0.1) is 10.2 Å². The van der Waals surface area contributed by atoms with Gasteiger partial charge in [-0.05, 0) is 0 Å². The Balaban J connectivity index is 1.90. The van der Waals surface area contributed by atoms with E-state index in [2.05, 4.69) is 15.5 Å². The second-order valence-electron chi connectivity index (χ2n) is 2.10. The SMILES string of the molecule is c1nnc(OC2CNC2)s1. The van der Waals surface area contributed by atoms with Crippen molar-refractivity contribution >= 4 is 11.3 Å². The van der Waals surface area contributed by atoms with Gasteiger partial charge >= 0.3 is 0 Å². The highest BCUT2D eigenvalue weighted by Gasteiger charge is 2.19. The lowest BCUT2D eigenvalue weighted by molar-refractivity contribution is 0.140. The molecule has 0 spiro atoms. The molecule has 0 amide bonds. The lowest BCUT2D eigenvalue weighted by Gasteiger charge is -2.25. The van der Waals surface area contributed by atoms with Crippen molar-refractivity contribution in [3.63, 3.8) is 0 Å². The molecule has 0 bridgehead atoms. The van der Waals surface area contributed by atoms with Crippen molar-refractivity contribution in [3.05, 3.63) is 5.51 Å². The monoisotopic (exact) mass is 157 g/mol. The Kier molecular flexibility index (Phi) is 1.52. The van der Waals surface area contributed by atoms with Crippen LogP contribution in [0.5, 0.6) is 5.19 Å². The molecule has 0 radical (unpaired) electrons. The molecule has 0 unspecified atom stereocenters. The fourth-order valence-electron chi connectivity index (χ4n) is 0.702. The maximum absolute atomic E-state index is 5.37. The zero-order valence-corrected chi connectivity index (χ0v) is 6.10. The van der Waals surface area contributed by atoms with E-state index in [1.165, 1.54) is 11.3 Å². The molecular weight excluding hydrogens is 150 g/mol. The van der Waals surface area contributed by atoms with Gasteiger partial charge in [0.1, 0.15) is 11.6 Å². The van der Waals surface area contributed by atoms with Crippen LogP contribution in [0.2, 0.25) is 0 Å². The number of hydrogen-bond acceptors (Lipinski definition) is 5. The van der Waals surface area contributed by atoms with Crippen LogP contribution >= 0.6 is 11.3 Å². The minimum absolute atomic E-state index is 0.313. The molecule has 0 aromatic carbocycles. The van der Waals surface area contributed by atoms with E-state index >= 15 is 0 Å². The fraction of sp³-hybridized carbons (Fsp3) is 0.600. The van der Waals surface area contributed by atoms with Crippen LogP contribution in [-0.4, -0.2) is 29.4 Å². The second-order valence-corrected chi connectivity index (χ2v) is 2.90. The van der Waals surface area contributed by atoms with E-state index in [-0.39, 0.29) is 0 Å². The molecule has 10 heavy (non-hydrogen) atoms. The summed E-state index contributed by atoms with van der Waals surface area (Å²) in [5.41, 5.74) is 1.67. The summed E-state index contributed by atoms with van der Waals surface area (Å²) in [5, 5.41) is 11.2. The Morgan fingerprint density at radius 2 is 2.60 bits per heavy atom. The summed E-state index contributed by atoms with van der Waals surface area (Å²) in [5.74, 6) is 0. The largest absolute Gasteiger partial charge is 0.463 e. The van der Waals surface area contributed by atoms with Crippen LogP contribution in [-0.2, 0) is 0 Å². The van der Waals surface area contributed by atoms with Crippen LogP contribution in [0.15, 0.2) is 5.51 Å². The highest BCUT2D eigenvalue weighted by molar-refractivity contribution is 7.11. The van der Waals surface area contributed by atoms with Crippen molar-refractivity contribution in [1.29, 1.82) is 0 Å². The summed E-state index contributed by atoms with van der Waals surface area (Å²) < 4.78 is 5.37. The van der Waals surface area contributed by atoms with Crippen molar-refractivity contribution in [1.82, 2.24) is 15.5 Å². The van der Waals surface area contributed by atoms with E-state index in [1.807, 2.05) is 0 Å². The summed E-state index contributed by atoms with van der Waals surface area (Å²) in [6.45, 7) is 1.86. The minimum atomic E-state index is 0.313. The van der Waals surface area contributed by atoms with E-state index in [9.17, 15) is 0 Å². The van der Waals surface area contributed by atoms with Crippen LogP contribution in [0, 0.1) is 0 Å². The molecule has 1 aliphatic rings. The van der Waals surface area contributed by atoms with Crippen molar-refractivity contribution in [2.75, 3.05) is 13.1 Å². The predicted octanol–water partition coefficient (Wildman–Crippen LogP) is -0.111. The Hall–Kier alpha value is -0.680. The average Bonchev–Trinajstić information content (AvgIpc) is 2.29. The third-order valence-corrected chi connectivity index (χ3v) is 1.93. The summed E-state index contributed by atoms with van der Waals surface area (Å²) in [4.78, 5) is 0. The molecule has 0 atom stereocenters. The fourth-order valence-corrected chi connectivity index (χ4v) is 1.17. The summed E-state index contributed by atoms with van der Waals surface area (Å²) in [7, 11) is 0. The van der Waals surface area contributed by atoms with Gasteiger partial charge in [-0.3, -0.25) is 0 Å². The number of ether oxygens (including phenoxy) is 1. The summed E-state index contributed by atoms with van der Waals surface area (Å²) in [6.07, 6.45) is 0.313. The first-order chi connectivity index (χ1) is 4.95. The van der Waals surface area contributed by atoms with Crippen LogP contribution in [0.1, 0.15) is 0 Å². The molecule has 1 fully saturated rings. The van der Waals surface area contributed by atoms with Gasteiger partial charge in [0.15, 0.2) is 0 Å². The van der Waals surface area contributed by atoms with Gasteiger partial charge in [0.05, 0.1) is 0 Å². The van der Waals surface area contributed by atoms with Crippen molar-refractivity contribution in [2.45, 2.75) is 6.10 Å². The van der Waals surface area contributed by atoms with Crippen LogP contribution < -0.4 is 10.1 Å². The molecule has 0 aliphatic carbocycles. The molecule has 5 heteroatoms. The van der Waals surface area contributed by atoms with Crippen LogP contribution in [0.4, 0.5) is 0 Å². The number of hydrogen-bond donors (Lipinski definition) is 1. The summed E-state index contributed by atoms with van der Waals surface area (Å²) in [6, 6.07) is 0. The highest BCUT2D eigenvalue weighted by atomic mass is 32.1. The lowest BCUT2D eigenvalue weighted by Crippen LogP contribution is -2.50. The normalized spacial score (nSPS) is 18.4. The predicted molar refractivity (Wildman–Crippen MR) is 37.2 cm³/mol. The average molecular weight is 157 g/mol. The Bertz CT molecular complexity index is 197. The van der Waals surface area contributed by atoms with E-state index in [1.54, 1.807) is 5.51 Å². The van der Waals surface area contributed by atoms with Gasteiger partial charge < -0.3 is 10.1 Å². The molecule has 1 aliphatic heterocycles. The van der Waals surface area contributed by atoms with Crippen molar-refractivity contribution < 1.29 is 4.74 Å². The van der Waals surface area contributed by atoms with E-state index in [0.29, 0.717) is 11.3 Å². The van der Waals surface area contributed by atoms with Crippen LogP contribution in [0.3, 0.4) is 0 Å². The van der Waals surface area contributed by atoms with E-state index < -0.39 is 0 Å². The van der Waals surface area contributed by atoms with Crippen molar-refractivity contribution in [3.8, 4) is 5.19 Å². The van der Waals surface area contributed by atoms with Gasteiger partial charge in [-0.2, -0.15) is 0 Å². The first-order valence-electron chi connectivity index (χ1n) is 3.09.